The zero-order valence-corrected chi connectivity index (χ0v) is 15.1. The van der Waals surface area contributed by atoms with E-state index in [9.17, 15) is 0 Å². The topological polar surface area (TPSA) is 46.1 Å². The maximum absolute atomic E-state index is 5.53. The molecule has 0 unspecified atom stereocenters. The number of ether oxygens (including phenoxy) is 2. The Balaban J connectivity index is 1.71. The first-order valence-corrected chi connectivity index (χ1v) is 9.08. The van der Waals surface area contributed by atoms with Crippen LogP contribution in [0.2, 0.25) is 0 Å². The lowest BCUT2D eigenvalue weighted by atomic mass is 9.96. The summed E-state index contributed by atoms with van der Waals surface area (Å²) in [7, 11) is 2.12. The average Bonchev–Trinajstić information content (AvgIpc) is 3.24. The zero-order valence-electron chi connectivity index (χ0n) is 15.1. The fraction of sp³-hybridized carbons (Fsp3) is 0.632. The quantitative estimate of drug-likeness (QED) is 0.616. The highest BCUT2D eigenvalue weighted by Gasteiger charge is 2.44. The van der Waals surface area contributed by atoms with Crippen molar-refractivity contribution in [1.82, 2.24) is 10.2 Å². The van der Waals surface area contributed by atoms with Crippen molar-refractivity contribution in [2.75, 3.05) is 33.5 Å². The second-order valence-corrected chi connectivity index (χ2v) is 6.79. The molecule has 0 bridgehead atoms. The Morgan fingerprint density at radius 2 is 2.04 bits per heavy atom. The molecule has 24 heavy (non-hydrogen) atoms. The highest BCUT2D eigenvalue weighted by Crippen LogP contribution is 2.50. The van der Waals surface area contributed by atoms with Gasteiger partial charge in [0.2, 0.25) is 6.79 Å². The summed E-state index contributed by atoms with van der Waals surface area (Å²) in [5, 5.41) is 3.42. The van der Waals surface area contributed by atoms with Gasteiger partial charge in [-0.05, 0) is 43.9 Å². The summed E-state index contributed by atoms with van der Waals surface area (Å²) >= 11 is 0. The van der Waals surface area contributed by atoms with Crippen LogP contribution in [0.4, 0.5) is 0 Å². The molecule has 1 fully saturated rings. The van der Waals surface area contributed by atoms with Crippen molar-refractivity contribution >= 4 is 5.96 Å². The van der Waals surface area contributed by atoms with E-state index in [0.29, 0.717) is 6.79 Å². The predicted molar refractivity (Wildman–Crippen MR) is 97.0 cm³/mol. The van der Waals surface area contributed by atoms with Crippen LogP contribution in [0.15, 0.2) is 23.2 Å². The number of hydrogen-bond donors (Lipinski definition) is 1. The molecule has 1 aliphatic carbocycles. The third kappa shape index (κ3) is 3.60. The van der Waals surface area contributed by atoms with Gasteiger partial charge in [-0.2, -0.15) is 0 Å². The van der Waals surface area contributed by atoms with Gasteiger partial charge in [0.1, 0.15) is 0 Å². The molecule has 2 aliphatic rings. The molecule has 0 atom stereocenters. The summed E-state index contributed by atoms with van der Waals surface area (Å²) in [6, 6.07) is 6.34. The molecule has 0 saturated heterocycles. The smallest absolute Gasteiger partial charge is 0.231 e. The van der Waals surface area contributed by atoms with Crippen LogP contribution in [-0.2, 0) is 5.41 Å². The van der Waals surface area contributed by atoms with Crippen LogP contribution in [0.25, 0.3) is 0 Å². The van der Waals surface area contributed by atoms with Crippen LogP contribution in [0.3, 0.4) is 0 Å². The van der Waals surface area contributed by atoms with Crippen LogP contribution in [0.1, 0.15) is 45.1 Å². The summed E-state index contributed by atoms with van der Waals surface area (Å²) in [6.07, 6.45) is 4.77. The Morgan fingerprint density at radius 1 is 1.25 bits per heavy atom. The first kappa shape index (κ1) is 16.9. The van der Waals surface area contributed by atoms with E-state index in [0.717, 1.165) is 37.1 Å². The lowest BCUT2D eigenvalue weighted by Crippen LogP contribution is -2.40. The molecule has 1 saturated carbocycles. The van der Waals surface area contributed by atoms with Gasteiger partial charge in [0.05, 0.1) is 6.54 Å². The monoisotopic (exact) mass is 331 g/mol. The number of nitrogens with one attached hydrogen (secondary N) is 1. The van der Waals surface area contributed by atoms with Crippen molar-refractivity contribution in [3.05, 3.63) is 23.8 Å². The summed E-state index contributed by atoms with van der Waals surface area (Å²) in [5.41, 5.74) is 1.50. The van der Waals surface area contributed by atoms with E-state index in [-0.39, 0.29) is 5.41 Å². The van der Waals surface area contributed by atoms with E-state index < -0.39 is 0 Å². The number of rotatable bonds is 7. The lowest BCUT2D eigenvalue weighted by Gasteiger charge is -2.23. The summed E-state index contributed by atoms with van der Waals surface area (Å²) in [5.74, 6) is 2.73. The van der Waals surface area contributed by atoms with Crippen molar-refractivity contribution in [3.8, 4) is 11.5 Å². The number of fused-ring (bicyclic) bond motifs is 1. The highest BCUT2D eigenvalue weighted by atomic mass is 16.7. The Morgan fingerprint density at radius 3 is 2.75 bits per heavy atom. The summed E-state index contributed by atoms with van der Waals surface area (Å²) in [4.78, 5) is 7.17. The molecular formula is C19H29N3O2. The van der Waals surface area contributed by atoms with Gasteiger partial charge in [-0.15, -0.1) is 0 Å². The number of benzene rings is 1. The summed E-state index contributed by atoms with van der Waals surface area (Å²) < 4.78 is 10.9. The van der Waals surface area contributed by atoms with Gasteiger partial charge >= 0.3 is 0 Å². The minimum absolute atomic E-state index is 0.174. The second-order valence-electron chi connectivity index (χ2n) is 6.79. The van der Waals surface area contributed by atoms with Gasteiger partial charge in [0.15, 0.2) is 17.5 Å². The molecule has 3 rings (SSSR count). The molecule has 0 spiro atoms. The SMILES string of the molecule is CCCCN(C)C(=NCC1(c2ccc3c(c2)OCO3)CC1)NCC. The van der Waals surface area contributed by atoms with Crippen molar-refractivity contribution in [2.24, 2.45) is 4.99 Å². The minimum atomic E-state index is 0.174. The molecule has 0 radical (unpaired) electrons. The standard InChI is InChI=1S/C19H29N3O2/c1-4-6-11-22(3)18(20-5-2)21-13-19(9-10-19)15-7-8-16-17(12-15)24-14-23-16/h7-8,12H,4-6,9-11,13-14H2,1-3H3,(H,20,21). The Labute approximate surface area is 145 Å². The third-order valence-corrected chi connectivity index (χ3v) is 4.91. The van der Waals surface area contributed by atoms with Gasteiger partial charge in [-0.3, -0.25) is 4.99 Å². The van der Waals surface area contributed by atoms with Crippen molar-refractivity contribution in [3.63, 3.8) is 0 Å². The van der Waals surface area contributed by atoms with Gasteiger partial charge < -0.3 is 19.7 Å². The van der Waals surface area contributed by atoms with Crippen molar-refractivity contribution in [1.29, 1.82) is 0 Å². The number of unbranched alkanes of at least 4 members (excludes halogenated alkanes) is 1. The first-order valence-electron chi connectivity index (χ1n) is 9.08. The van der Waals surface area contributed by atoms with E-state index in [1.807, 2.05) is 6.07 Å². The molecule has 0 amide bonds. The molecule has 1 aromatic rings. The Hall–Kier alpha value is -1.91. The normalized spacial score (nSPS) is 17.7. The molecule has 132 valence electrons. The maximum atomic E-state index is 5.53. The molecule has 1 aliphatic heterocycles. The maximum Gasteiger partial charge on any atom is 0.231 e. The van der Waals surface area contributed by atoms with Crippen LogP contribution in [0.5, 0.6) is 11.5 Å². The van der Waals surface area contributed by atoms with Crippen LogP contribution in [-0.4, -0.2) is 44.3 Å². The van der Waals surface area contributed by atoms with Gasteiger partial charge in [0.25, 0.3) is 0 Å². The number of nitrogens with zero attached hydrogens (tertiary/aromatic N) is 2. The summed E-state index contributed by atoms with van der Waals surface area (Å²) in [6.45, 7) is 7.43. The van der Waals surface area contributed by atoms with Crippen molar-refractivity contribution in [2.45, 2.75) is 44.9 Å². The van der Waals surface area contributed by atoms with E-state index in [1.54, 1.807) is 0 Å². The van der Waals surface area contributed by atoms with E-state index >= 15 is 0 Å². The molecule has 1 aromatic carbocycles. The molecule has 0 aromatic heterocycles. The second kappa shape index (κ2) is 7.32. The fourth-order valence-corrected chi connectivity index (χ4v) is 3.11. The van der Waals surface area contributed by atoms with Crippen LogP contribution >= 0.6 is 0 Å². The molecule has 1 N–H and O–H groups in total. The fourth-order valence-electron chi connectivity index (χ4n) is 3.11. The van der Waals surface area contributed by atoms with E-state index in [4.69, 9.17) is 14.5 Å². The van der Waals surface area contributed by atoms with E-state index in [2.05, 4.69) is 43.2 Å². The largest absolute Gasteiger partial charge is 0.454 e. The molecular weight excluding hydrogens is 302 g/mol. The number of aliphatic imine (C=N–C) groups is 1. The van der Waals surface area contributed by atoms with Gasteiger partial charge in [-0.1, -0.05) is 19.4 Å². The zero-order chi connectivity index (χ0) is 17.0. The third-order valence-electron chi connectivity index (χ3n) is 4.91. The Kier molecular flexibility index (Phi) is 5.17. The van der Waals surface area contributed by atoms with Gasteiger partial charge in [0, 0.05) is 25.6 Å². The van der Waals surface area contributed by atoms with Crippen LogP contribution < -0.4 is 14.8 Å². The molecule has 5 heteroatoms. The Bertz CT molecular complexity index is 596. The number of guanidine groups is 1. The molecule has 5 nitrogen and oxygen atoms in total. The predicted octanol–water partition coefficient (Wildman–Crippen LogP) is 3.14. The minimum Gasteiger partial charge on any atom is -0.454 e. The van der Waals surface area contributed by atoms with E-state index in [1.165, 1.54) is 31.2 Å². The van der Waals surface area contributed by atoms with Gasteiger partial charge in [-0.25, -0.2) is 0 Å². The number of hydrogen-bond acceptors (Lipinski definition) is 3. The highest BCUT2D eigenvalue weighted by molar-refractivity contribution is 5.79. The first-order chi connectivity index (χ1) is 11.7. The van der Waals surface area contributed by atoms with Crippen molar-refractivity contribution < 1.29 is 9.47 Å². The molecule has 1 heterocycles. The lowest BCUT2D eigenvalue weighted by molar-refractivity contribution is 0.174. The van der Waals surface area contributed by atoms with Crippen LogP contribution in [0, 0.1) is 0 Å². The average molecular weight is 331 g/mol.